The largest absolute Gasteiger partial charge is 0.371 e. The third-order valence-electron chi connectivity index (χ3n) is 5.39. The Morgan fingerprint density at radius 1 is 1.15 bits per heavy atom. The maximum Gasteiger partial charge on any atom is 0.252 e. The zero-order valence-corrected chi connectivity index (χ0v) is 16.4. The van der Waals surface area contributed by atoms with E-state index in [9.17, 15) is 4.79 Å². The monoisotopic (exact) mass is 350 g/mol. The highest BCUT2D eigenvalue weighted by atomic mass is 16.1. The van der Waals surface area contributed by atoms with Crippen molar-refractivity contribution in [2.24, 2.45) is 5.92 Å². The summed E-state index contributed by atoms with van der Waals surface area (Å²) < 4.78 is 0. The van der Waals surface area contributed by atoms with Crippen LogP contribution >= 0.6 is 0 Å². The van der Waals surface area contributed by atoms with Gasteiger partial charge in [0.1, 0.15) is 0 Å². The predicted octanol–water partition coefficient (Wildman–Crippen LogP) is 5.03. The van der Waals surface area contributed by atoms with E-state index in [2.05, 4.69) is 41.4 Å². The van der Waals surface area contributed by atoms with Crippen molar-refractivity contribution in [3.05, 3.63) is 64.7 Å². The van der Waals surface area contributed by atoms with E-state index >= 15 is 0 Å². The number of nitrogens with zero attached hydrogens (tertiary/aromatic N) is 1. The van der Waals surface area contributed by atoms with Gasteiger partial charge in [0.2, 0.25) is 0 Å². The minimum atomic E-state index is -0.0162. The van der Waals surface area contributed by atoms with Crippen LogP contribution in [0, 0.1) is 19.8 Å². The first kappa shape index (κ1) is 18.5. The Morgan fingerprint density at radius 3 is 2.54 bits per heavy atom. The summed E-state index contributed by atoms with van der Waals surface area (Å²) in [5.74, 6) is 0.753. The molecule has 26 heavy (non-hydrogen) atoms. The van der Waals surface area contributed by atoms with E-state index in [0.29, 0.717) is 0 Å². The standard InChI is InChI=1S/C23H30N2O/c1-16-7-12-22(18(3)14-16)23(26)24-19(4)20-8-10-21(11-9-20)25-13-5-6-17(2)15-25/h7-12,14,17,19H,5-6,13,15H2,1-4H3,(H,24,26)/t17-,19-/m0/s1. The molecule has 0 radical (unpaired) electrons. The summed E-state index contributed by atoms with van der Waals surface area (Å²) in [4.78, 5) is 15.1. The molecular weight excluding hydrogens is 320 g/mol. The van der Waals surface area contributed by atoms with E-state index in [1.807, 2.05) is 39.0 Å². The number of hydrogen-bond donors (Lipinski definition) is 1. The Balaban J connectivity index is 1.66. The van der Waals surface area contributed by atoms with Crippen molar-refractivity contribution in [3.8, 4) is 0 Å². The average molecular weight is 351 g/mol. The van der Waals surface area contributed by atoms with Crippen LogP contribution in [0.4, 0.5) is 5.69 Å². The molecule has 1 aliphatic heterocycles. The third kappa shape index (κ3) is 4.27. The Hall–Kier alpha value is -2.29. The van der Waals surface area contributed by atoms with Crippen molar-refractivity contribution in [1.29, 1.82) is 0 Å². The van der Waals surface area contributed by atoms with Gasteiger partial charge in [-0.3, -0.25) is 4.79 Å². The molecule has 3 heteroatoms. The van der Waals surface area contributed by atoms with E-state index in [-0.39, 0.29) is 11.9 Å². The van der Waals surface area contributed by atoms with Gasteiger partial charge in [-0.15, -0.1) is 0 Å². The van der Waals surface area contributed by atoms with E-state index in [1.54, 1.807) is 0 Å². The molecule has 2 aromatic carbocycles. The molecule has 0 unspecified atom stereocenters. The van der Waals surface area contributed by atoms with E-state index < -0.39 is 0 Å². The van der Waals surface area contributed by atoms with Crippen LogP contribution in [0.15, 0.2) is 42.5 Å². The first-order valence-corrected chi connectivity index (χ1v) is 9.67. The number of anilines is 1. The van der Waals surface area contributed by atoms with Gasteiger partial charge >= 0.3 is 0 Å². The lowest BCUT2D eigenvalue weighted by Crippen LogP contribution is -2.34. The molecule has 1 N–H and O–H groups in total. The van der Waals surface area contributed by atoms with Crippen LogP contribution in [-0.4, -0.2) is 19.0 Å². The van der Waals surface area contributed by atoms with Gasteiger partial charge in [-0.1, -0.05) is 36.8 Å². The molecule has 2 aromatic rings. The highest BCUT2D eigenvalue weighted by molar-refractivity contribution is 5.95. The molecule has 138 valence electrons. The number of benzene rings is 2. The predicted molar refractivity (Wildman–Crippen MR) is 109 cm³/mol. The molecule has 0 aromatic heterocycles. The second-order valence-corrected chi connectivity index (χ2v) is 7.80. The number of aryl methyl sites for hydroxylation is 2. The minimum Gasteiger partial charge on any atom is -0.371 e. The molecule has 0 saturated carbocycles. The fourth-order valence-corrected chi connectivity index (χ4v) is 3.82. The first-order valence-electron chi connectivity index (χ1n) is 9.67. The van der Waals surface area contributed by atoms with Crippen LogP contribution < -0.4 is 10.2 Å². The number of piperidine rings is 1. The SMILES string of the molecule is Cc1ccc(C(=O)N[C@@H](C)c2ccc(N3CCC[C@H](C)C3)cc2)c(C)c1. The molecule has 3 nitrogen and oxygen atoms in total. The lowest BCUT2D eigenvalue weighted by atomic mass is 9.99. The maximum atomic E-state index is 12.6. The molecule has 1 fully saturated rings. The van der Waals surface area contributed by atoms with Gasteiger partial charge in [-0.05, 0) is 68.9 Å². The molecule has 1 aliphatic rings. The van der Waals surface area contributed by atoms with Crippen molar-refractivity contribution in [1.82, 2.24) is 5.32 Å². The molecule has 2 atom stereocenters. The summed E-state index contributed by atoms with van der Waals surface area (Å²) in [7, 11) is 0. The van der Waals surface area contributed by atoms with E-state index in [0.717, 1.165) is 35.7 Å². The first-order chi connectivity index (χ1) is 12.4. The maximum absolute atomic E-state index is 12.6. The fourth-order valence-electron chi connectivity index (χ4n) is 3.82. The molecule has 0 bridgehead atoms. The van der Waals surface area contributed by atoms with Gasteiger partial charge in [-0.25, -0.2) is 0 Å². The molecule has 0 spiro atoms. The van der Waals surface area contributed by atoms with Crippen molar-refractivity contribution >= 4 is 11.6 Å². The molecular formula is C23H30N2O. The van der Waals surface area contributed by atoms with Gasteiger partial charge in [-0.2, -0.15) is 0 Å². The Labute approximate surface area is 157 Å². The zero-order chi connectivity index (χ0) is 18.7. The minimum absolute atomic E-state index is 0.0102. The summed E-state index contributed by atoms with van der Waals surface area (Å²) in [6, 6.07) is 14.6. The quantitative estimate of drug-likeness (QED) is 0.839. The van der Waals surface area contributed by atoms with Crippen molar-refractivity contribution in [2.75, 3.05) is 18.0 Å². The molecule has 1 saturated heterocycles. The molecule has 1 heterocycles. The van der Waals surface area contributed by atoms with Gasteiger partial charge in [0.25, 0.3) is 5.91 Å². The highest BCUT2D eigenvalue weighted by Crippen LogP contribution is 2.25. The number of hydrogen-bond acceptors (Lipinski definition) is 2. The van der Waals surface area contributed by atoms with Crippen molar-refractivity contribution < 1.29 is 4.79 Å². The Morgan fingerprint density at radius 2 is 1.88 bits per heavy atom. The number of nitrogens with one attached hydrogen (secondary N) is 1. The topological polar surface area (TPSA) is 32.3 Å². The lowest BCUT2D eigenvalue weighted by Gasteiger charge is -2.33. The molecule has 0 aliphatic carbocycles. The lowest BCUT2D eigenvalue weighted by molar-refractivity contribution is 0.0939. The van der Waals surface area contributed by atoms with Crippen molar-refractivity contribution in [2.45, 2.75) is 46.6 Å². The van der Waals surface area contributed by atoms with Gasteiger partial charge in [0.05, 0.1) is 6.04 Å². The van der Waals surface area contributed by atoms with Crippen molar-refractivity contribution in [3.63, 3.8) is 0 Å². The summed E-state index contributed by atoms with van der Waals surface area (Å²) in [5, 5.41) is 3.13. The molecule has 1 amide bonds. The van der Waals surface area contributed by atoms with Crippen LogP contribution in [0.2, 0.25) is 0 Å². The fraction of sp³-hybridized carbons (Fsp3) is 0.435. The summed E-state index contributed by atoms with van der Waals surface area (Å²) >= 11 is 0. The highest BCUT2D eigenvalue weighted by Gasteiger charge is 2.17. The Bertz CT molecular complexity index is 766. The normalized spacial score (nSPS) is 18.5. The van der Waals surface area contributed by atoms with E-state index in [4.69, 9.17) is 0 Å². The number of amides is 1. The summed E-state index contributed by atoms with van der Waals surface area (Å²) in [5.41, 5.74) is 5.37. The average Bonchev–Trinajstić information content (AvgIpc) is 2.61. The van der Waals surface area contributed by atoms with Crippen LogP contribution in [0.1, 0.15) is 59.8 Å². The third-order valence-corrected chi connectivity index (χ3v) is 5.39. The summed E-state index contributed by atoms with van der Waals surface area (Å²) in [6.45, 7) is 10.7. The number of carbonyl (C=O) groups excluding carboxylic acids is 1. The zero-order valence-electron chi connectivity index (χ0n) is 16.4. The van der Waals surface area contributed by atoms with Gasteiger partial charge in [0, 0.05) is 24.3 Å². The Kier molecular flexibility index (Phi) is 5.65. The van der Waals surface area contributed by atoms with Crippen LogP contribution in [0.5, 0.6) is 0 Å². The second-order valence-electron chi connectivity index (χ2n) is 7.80. The van der Waals surface area contributed by atoms with Crippen LogP contribution in [0.25, 0.3) is 0 Å². The summed E-state index contributed by atoms with van der Waals surface area (Å²) in [6.07, 6.45) is 2.60. The number of carbonyl (C=O) groups is 1. The smallest absolute Gasteiger partial charge is 0.252 e. The second kappa shape index (κ2) is 7.94. The number of rotatable bonds is 4. The van der Waals surface area contributed by atoms with Gasteiger partial charge < -0.3 is 10.2 Å². The van der Waals surface area contributed by atoms with Gasteiger partial charge in [0.15, 0.2) is 0 Å². The van der Waals surface area contributed by atoms with Crippen LogP contribution in [0.3, 0.4) is 0 Å². The van der Waals surface area contributed by atoms with Crippen LogP contribution in [-0.2, 0) is 0 Å². The van der Waals surface area contributed by atoms with E-state index in [1.165, 1.54) is 24.1 Å². The molecule has 3 rings (SSSR count).